The van der Waals surface area contributed by atoms with Gasteiger partial charge in [-0.05, 0) is 56.1 Å². The van der Waals surface area contributed by atoms with Crippen LogP contribution in [0.1, 0.15) is 29.2 Å². The van der Waals surface area contributed by atoms with Gasteiger partial charge in [-0.25, -0.2) is 4.68 Å². The summed E-state index contributed by atoms with van der Waals surface area (Å²) in [5, 5.41) is 23.4. The van der Waals surface area contributed by atoms with Gasteiger partial charge in [0.1, 0.15) is 11.8 Å². The molecule has 2 atom stereocenters. The molecule has 3 N–H and O–H groups in total. The van der Waals surface area contributed by atoms with E-state index in [4.69, 9.17) is 10.9 Å². The number of aromatic nitrogens is 4. The van der Waals surface area contributed by atoms with Crippen LogP contribution in [0.2, 0.25) is 0 Å². The van der Waals surface area contributed by atoms with Crippen LogP contribution in [0, 0.1) is 5.92 Å². The lowest BCUT2D eigenvalue weighted by Crippen LogP contribution is -2.39. The maximum Gasteiger partial charge on any atom is 0.184 e. The standard InChI is InChI=1S/C36H33N5O/c1-26(34(37)42)25-27-21-23-28(24-22-27)32-19-11-12-20-33(32)35-38-39-40-41(35)36(29-13-5-2-6-14-29,30-15-7-3-8-16-30)31-17-9-4-10-18-31/h2-24,26,34,42H,25,37H2,1H3/t26?,34-/m0/s1. The number of hydrogen-bond acceptors (Lipinski definition) is 5. The van der Waals surface area contributed by atoms with Crippen LogP contribution in [0.3, 0.4) is 0 Å². The first-order chi connectivity index (χ1) is 20.6. The minimum Gasteiger partial charge on any atom is -0.379 e. The van der Waals surface area contributed by atoms with E-state index >= 15 is 0 Å². The molecule has 42 heavy (non-hydrogen) atoms. The fraction of sp³-hybridized carbons (Fsp3) is 0.139. The third-order valence-corrected chi connectivity index (χ3v) is 7.94. The highest BCUT2D eigenvalue weighted by Gasteiger charge is 2.42. The summed E-state index contributed by atoms with van der Waals surface area (Å²) in [6.07, 6.45) is -0.144. The lowest BCUT2D eigenvalue weighted by Gasteiger charge is -2.36. The van der Waals surface area contributed by atoms with Crippen molar-refractivity contribution in [3.05, 3.63) is 162 Å². The quantitative estimate of drug-likeness (QED) is 0.163. The molecule has 0 spiro atoms. The van der Waals surface area contributed by atoms with E-state index in [1.807, 2.05) is 41.9 Å². The molecule has 1 heterocycles. The molecule has 0 aliphatic carbocycles. The lowest BCUT2D eigenvalue weighted by molar-refractivity contribution is 0.123. The molecule has 0 aliphatic heterocycles. The molecule has 0 amide bonds. The van der Waals surface area contributed by atoms with Gasteiger partial charge in [0.15, 0.2) is 5.82 Å². The maximum atomic E-state index is 9.75. The summed E-state index contributed by atoms with van der Waals surface area (Å²) in [4.78, 5) is 0. The fourth-order valence-electron chi connectivity index (χ4n) is 5.73. The van der Waals surface area contributed by atoms with Gasteiger partial charge >= 0.3 is 0 Å². The van der Waals surface area contributed by atoms with Crippen LogP contribution in [0.5, 0.6) is 0 Å². The Labute approximate surface area is 246 Å². The predicted octanol–water partition coefficient (Wildman–Crippen LogP) is 6.30. The van der Waals surface area contributed by atoms with E-state index in [0.29, 0.717) is 12.2 Å². The molecule has 6 rings (SSSR count). The second-order valence-corrected chi connectivity index (χ2v) is 10.6. The number of tetrazole rings is 1. The second-order valence-electron chi connectivity index (χ2n) is 10.6. The predicted molar refractivity (Wildman–Crippen MR) is 166 cm³/mol. The van der Waals surface area contributed by atoms with Crippen molar-refractivity contribution in [1.82, 2.24) is 20.2 Å². The molecule has 0 saturated carbocycles. The molecule has 0 bridgehead atoms. The van der Waals surface area contributed by atoms with Gasteiger partial charge in [-0.15, -0.1) is 5.10 Å². The van der Waals surface area contributed by atoms with Crippen LogP contribution in [0.15, 0.2) is 140 Å². The van der Waals surface area contributed by atoms with E-state index in [9.17, 15) is 5.11 Å². The monoisotopic (exact) mass is 551 g/mol. The Morgan fingerprint density at radius 2 is 1.14 bits per heavy atom. The van der Waals surface area contributed by atoms with Crippen LogP contribution in [0.25, 0.3) is 22.5 Å². The van der Waals surface area contributed by atoms with E-state index < -0.39 is 11.8 Å². The van der Waals surface area contributed by atoms with Gasteiger partial charge in [0.05, 0.1) is 0 Å². The lowest BCUT2D eigenvalue weighted by atomic mass is 9.77. The average Bonchev–Trinajstić information content (AvgIpc) is 3.53. The zero-order valence-corrected chi connectivity index (χ0v) is 23.5. The molecule has 1 aromatic heterocycles. The highest BCUT2D eigenvalue weighted by Crippen LogP contribution is 2.43. The molecule has 6 heteroatoms. The number of aliphatic hydroxyl groups excluding tert-OH is 1. The first kappa shape index (κ1) is 27.3. The van der Waals surface area contributed by atoms with Crippen molar-refractivity contribution in [2.45, 2.75) is 25.1 Å². The highest BCUT2D eigenvalue weighted by molar-refractivity contribution is 5.81. The van der Waals surface area contributed by atoms with Gasteiger partial charge in [-0.1, -0.05) is 146 Å². The van der Waals surface area contributed by atoms with Gasteiger partial charge in [0.25, 0.3) is 0 Å². The fourth-order valence-corrected chi connectivity index (χ4v) is 5.73. The van der Waals surface area contributed by atoms with Crippen molar-refractivity contribution in [3.63, 3.8) is 0 Å². The number of rotatable bonds is 9. The molecule has 6 aromatic rings. The first-order valence-electron chi connectivity index (χ1n) is 14.2. The highest BCUT2D eigenvalue weighted by atomic mass is 16.3. The normalized spacial score (nSPS) is 13.0. The number of benzene rings is 5. The van der Waals surface area contributed by atoms with Gasteiger partial charge < -0.3 is 10.8 Å². The van der Waals surface area contributed by atoms with Crippen LogP contribution in [-0.4, -0.2) is 31.5 Å². The summed E-state index contributed by atoms with van der Waals surface area (Å²) in [6.45, 7) is 1.95. The smallest absolute Gasteiger partial charge is 0.184 e. The van der Waals surface area contributed by atoms with Crippen LogP contribution in [-0.2, 0) is 12.0 Å². The Morgan fingerprint density at radius 3 is 1.64 bits per heavy atom. The average molecular weight is 552 g/mol. The third kappa shape index (κ3) is 5.02. The van der Waals surface area contributed by atoms with E-state index in [2.05, 4.69) is 120 Å². The van der Waals surface area contributed by atoms with Crippen molar-refractivity contribution in [2.75, 3.05) is 0 Å². The molecule has 0 radical (unpaired) electrons. The zero-order chi connectivity index (χ0) is 28.9. The summed E-state index contributed by atoms with van der Waals surface area (Å²) >= 11 is 0. The Morgan fingerprint density at radius 1 is 0.667 bits per heavy atom. The molecule has 5 aromatic carbocycles. The minimum absolute atomic E-state index is 0.0326. The first-order valence-corrected chi connectivity index (χ1v) is 14.2. The van der Waals surface area contributed by atoms with Gasteiger partial charge in [0, 0.05) is 5.56 Å². The summed E-state index contributed by atoms with van der Waals surface area (Å²) in [5.41, 5.74) is 12.1. The number of aliphatic hydroxyl groups is 1. The van der Waals surface area contributed by atoms with E-state index in [1.165, 1.54) is 0 Å². The summed E-state index contributed by atoms with van der Waals surface area (Å²) in [6, 6.07) is 47.9. The summed E-state index contributed by atoms with van der Waals surface area (Å²) < 4.78 is 1.96. The largest absolute Gasteiger partial charge is 0.379 e. The molecular weight excluding hydrogens is 518 g/mol. The van der Waals surface area contributed by atoms with Gasteiger partial charge in [0.2, 0.25) is 0 Å². The van der Waals surface area contributed by atoms with Gasteiger partial charge in [-0.2, -0.15) is 0 Å². The third-order valence-electron chi connectivity index (χ3n) is 7.94. The molecule has 6 nitrogen and oxygen atoms in total. The van der Waals surface area contributed by atoms with Crippen LogP contribution in [0.4, 0.5) is 0 Å². The Hall–Kier alpha value is -4.91. The Bertz CT molecular complexity index is 1640. The molecular formula is C36H33N5O. The minimum atomic E-state index is -0.844. The van der Waals surface area contributed by atoms with Gasteiger partial charge in [-0.3, -0.25) is 0 Å². The van der Waals surface area contributed by atoms with E-state index in [1.54, 1.807) is 0 Å². The molecule has 1 unspecified atom stereocenters. The van der Waals surface area contributed by atoms with Crippen molar-refractivity contribution >= 4 is 0 Å². The Balaban J connectivity index is 1.55. The SMILES string of the molecule is CC(Cc1ccc(-c2ccccc2-c2nnnn2C(c2ccccc2)(c2ccccc2)c2ccccc2)cc1)[C@@H](N)O. The topological polar surface area (TPSA) is 89.9 Å². The zero-order valence-electron chi connectivity index (χ0n) is 23.5. The van der Waals surface area contributed by atoms with Crippen LogP contribution >= 0.6 is 0 Å². The summed E-state index contributed by atoms with van der Waals surface area (Å²) in [5.74, 6) is 0.626. The number of nitrogens with zero attached hydrogens (tertiary/aromatic N) is 4. The molecule has 0 fully saturated rings. The second kappa shape index (κ2) is 11.9. The van der Waals surface area contributed by atoms with E-state index in [0.717, 1.165) is 38.9 Å². The van der Waals surface area contributed by atoms with Crippen molar-refractivity contribution < 1.29 is 5.11 Å². The number of hydrogen-bond donors (Lipinski definition) is 2. The Kier molecular flexibility index (Phi) is 7.73. The molecule has 0 aliphatic rings. The molecule has 208 valence electrons. The maximum absolute atomic E-state index is 9.75. The number of nitrogens with two attached hydrogens (primary N) is 1. The summed E-state index contributed by atoms with van der Waals surface area (Å²) in [7, 11) is 0. The molecule has 0 saturated heterocycles. The van der Waals surface area contributed by atoms with Crippen LogP contribution < -0.4 is 5.73 Å². The van der Waals surface area contributed by atoms with Crippen molar-refractivity contribution in [1.29, 1.82) is 0 Å². The van der Waals surface area contributed by atoms with Crippen molar-refractivity contribution in [2.24, 2.45) is 11.7 Å². The van der Waals surface area contributed by atoms with E-state index in [-0.39, 0.29) is 5.92 Å². The van der Waals surface area contributed by atoms with Crippen molar-refractivity contribution in [3.8, 4) is 22.5 Å².